The van der Waals surface area contributed by atoms with Crippen LogP contribution < -0.4 is 0 Å². The standard InChI is InChI=1S/C17H25ClN2O/c1-3-20-15(16(18)10(2)19-20)9-17(21)8-11-7-14(17)13-6-4-5-12(11)13/h11-14,21H,3-9H2,1-2H3. The third-order valence-electron chi connectivity index (χ3n) is 6.54. The Balaban J connectivity index is 1.63. The number of hydrogen-bond acceptors (Lipinski definition) is 2. The van der Waals surface area contributed by atoms with Gasteiger partial charge in [-0.05, 0) is 63.2 Å². The second-order valence-electron chi connectivity index (χ2n) is 7.51. The lowest BCUT2D eigenvalue weighted by atomic mass is 9.71. The fourth-order valence-electron chi connectivity index (χ4n) is 5.77. The molecule has 4 rings (SSSR count). The van der Waals surface area contributed by atoms with Crippen LogP contribution >= 0.6 is 11.6 Å². The van der Waals surface area contributed by atoms with Gasteiger partial charge in [-0.15, -0.1) is 0 Å². The summed E-state index contributed by atoms with van der Waals surface area (Å²) in [4.78, 5) is 0. The molecule has 3 aliphatic carbocycles. The van der Waals surface area contributed by atoms with E-state index >= 15 is 0 Å². The van der Waals surface area contributed by atoms with Gasteiger partial charge in [-0.3, -0.25) is 4.68 Å². The molecule has 0 amide bonds. The Morgan fingerprint density at radius 1 is 1.38 bits per heavy atom. The van der Waals surface area contributed by atoms with Gasteiger partial charge in [0.25, 0.3) is 0 Å². The first-order valence-corrected chi connectivity index (χ1v) is 8.85. The van der Waals surface area contributed by atoms with Gasteiger partial charge in [0.1, 0.15) is 0 Å². The normalized spacial score (nSPS) is 41.0. The maximum Gasteiger partial charge on any atom is 0.0848 e. The van der Waals surface area contributed by atoms with Crippen molar-refractivity contribution < 1.29 is 5.11 Å². The van der Waals surface area contributed by atoms with E-state index in [-0.39, 0.29) is 0 Å². The third-order valence-corrected chi connectivity index (χ3v) is 7.03. The SMILES string of the molecule is CCn1nc(C)c(Cl)c1CC1(O)CC2CC1C1CCCC21. The fourth-order valence-corrected chi connectivity index (χ4v) is 5.97. The minimum Gasteiger partial charge on any atom is -0.389 e. The molecule has 5 unspecified atom stereocenters. The van der Waals surface area contributed by atoms with Crippen molar-refractivity contribution in [2.45, 2.75) is 64.5 Å². The van der Waals surface area contributed by atoms with Gasteiger partial charge in [0.15, 0.2) is 0 Å². The molecular formula is C17H25ClN2O. The highest BCUT2D eigenvalue weighted by molar-refractivity contribution is 6.31. The van der Waals surface area contributed by atoms with Gasteiger partial charge in [-0.25, -0.2) is 0 Å². The van der Waals surface area contributed by atoms with E-state index in [1.54, 1.807) is 0 Å². The quantitative estimate of drug-likeness (QED) is 0.926. The minimum absolute atomic E-state index is 0.492. The molecule has 1 aromatic heterocycles. The maximum atomic E-state index is 11.3. The van der Waals surface area contributed by atoms with Crippen molar-refractivity contribution in [2.24, 2.45) is 23.7 Å². The first kappa shape index (κ1) is 14.1. The van der Waals surface area contributed by atoms with E-state index in [1.807, 2.05) is 11.6 Å². The summed E-state index contributed by atoms with van der Waals surface area (Å²) in [7, 11) is 0. The van der Waals surface area contributed by atoms with E-state index in [1.165, 1.54) is 25.7 Å². The molecule has 1 N–H and O–H groups in total. The molecule has 2 bridgehead atoms. The molecular weight excluding hydrogens is 284 g/mol. The van der Waals surface area contributed by atoms with Crippen LogP contribution in [0.2, 0.25) is 5.02 Å². The molecule has 3 saturated carbocycles. The molecule has 0 spiro atoms. The first-order valence-electron chi connectivity index (χ1n) is 8.47. The van der Waals surface area contributed by atoms with Crippen LogP contribution in [-0.2, 0) is 13.0 Å². The van der Waals surface area contributed by atoms with Crippen LogP contribution in [-0.4, -0.2) is 20.5 Å². The maximum absolute atomic E-state index is 11.3. The van der Waals surface area contributed by atoms with Crippen LogP contribution in [0.4, 0.5) is 0 Å². The van der Waals surface area contributed by atoms with Crippen LogP contribution in [0.25, 0.3) is 0 Å². The molecule has 1 heterocycles. The number of nitrogens with zero attached hydrogens (tertiary/aromatic N) is 2. The smallest absolute Gasteiger partial charge is 0.0848 e. The van der Waals surface area contributed by atoms with Crippen LogP contribution in [0.3, 0.4) is 0 Å². The molecule has 0 saturated heterocycles. The average molecular weight is 309 g/mol. The largest absolute Gasteiger partial charge is 0.389 e. The Morgan fingerprint density at radius 2 is 2.14 bits per heavy atom. The van der Waals surface area contributed by atoms with E-state index in [0.29, 0.717) is 12.3 Å². The summed E-state index contributed by atoms with van der Waals surface area (Å²) in [5.41, 5.74) is 1.39. The number of aromatic nitrogens is 2. The molecule has 0 aromatic carbocycles. The number of aliphatic hydroxyl groups is 1. The van der Waals surface area contributed by atoms with E-state index in [2.05, 4.69) is 12.0 Å². The Morgan fingerprint density at radius 3 is 2.90 bits per heavy atom. The van der Waals surface area contributed by atoms with E-state index in [0.717, 1.165) is 47.1 Å². The Bertz CT molecular complexity index is 569. The molecule has 1 aromatic rings. The summed E-state index contributed by atoms with van der Waals surface area (Å²) in [6, 6.07) is 0. The van der Waals surface area contributed by atoms with Crippen LogP contribution in [0, 0.1) is 30.6 Å². The Kier molecular flexibility index (Phi) is 3.17. The summed E-state index contributed by atoms with van der Waals surface area (Å²) >= 11 is 6.45. The monoisotopic (exact) mass is 308 g/mol. The molecule has 0 aliphatic heterocycles. The molecule has 3 aliphatic rings. The van der Waals surface area contributed by atoms with Crippen molar-refractivity contribution in [1.29, 1.82) is 0 Å². The van der Waals surface area contributed by atoms with Gasteiger partial charge >= 0.3 is 0 Å². The highest BCUT2D eigenvalue weighted by Crippen LogP contribution is 2.63. The highest BCUT2D eigenvalue weighted by atomic mass is 35.5. The Labute approximate surface area is 131 Å². The first-order chi connectivity index (χ1) is 10.0. The van der Waals surface area contributed by atoms with Crippen molar-refractivity contribution in [2.75, 3.05) is 0 Å². The predicted molar refractivity (Wildman–Crippen MR) is 83.3 cm³/mol. The topological polar surface area (TPSA) is 38.0 Å². The van der Waals surface area contributed by atoms with Gasteiger partial charge in [0.2, 0.25) is 0 Å². The van der Waals surface area contributed by atoms with Crippen molar-refractivity contribution >= 4 is 11.6 Å². The van der Waals surface area contributed by atoms with Crippen LogP contribution in [0.15, 0.2) is 0 Å². The van der Waals surface area contributed by atoms with Crippen molar-refractivity contribution in [1.82, 2.24) is 9.78 Å². The molecule has 116 valence electrons. The summed E-state index contributed by atoms with van der Waals surface area (Å²) < 4.78 is 1.98. The third kappa shape index (κ3) is 1.93. The lowest BCUT2D eigenvalue weighted by Crippen LogP contribution is -2.43. The lowest BCUT2D eigenvalue weighted by molar-refractivity contribution is -0.0463. The van der Waals surface area contributed by atoms with Crippen molar-refractivity contribution in [3.8, 4) is 0 Å². The van der Waals surface area contributed by atoms with E-state index in [9.17, 15) is 5.11 Å². The summed E-state index contributed by atoms with van der Waals surface area (Å²) in [6.45, 7) is 4.86. The lowest BCUT2D eigenvalue weighted by Gasteiger charge is -2.39. The summed E-state index contributed by atoms with van der Waals surface area (Å²) in [5, 5.41) is 16.6. The molecule has 21 heavy (non-hydrogen) atoms. The van der Waals surface area contributed by atoms with Gasteiger partial charge in [0, 0.05) is 13.0 Å². The molecule has 0 radical (unpaired) electrons. The number of rotatable bonds is 3. The zero-order valence-corrected chi connectivity index (χ0v) is 13.7. The fraction of sp³-hybridized carbons (Fsp3) is 0.824. The van der Waals surface area contributed by atoms with Crippen LogP contribution in [0.1, 0.15) is 50.4 Å². The van der Waals surface area contributed by atoms with Crippen molar-refractivity contribution in [3.05, 3.63) is 16.4 Å². The zero-order valence-electron chi connectivity index (χ0n) is 13.0. The van der Waals surface area contributed by atoms with Crippen LogP contribution in [0.5, 0.6) is 0 Å². The van der Waals surface area contributed by atoms with Gasteiger partial charge < -0.3 is 5.11 Å². The van der Waals surface area contributed by atoms with Gasteiger partial charge in [-0.2, -0.15) is 5.10 Å². The summed E-state index contributed by atoms with van der Waals surface area (Å²) in [5.74, 6) is 2.92. The Hall–Kier alpha value is -0.540. The number of halogens is 1. The molecule has 3 fully saturated rings. The van der Waals surface area contributed by atoms with Gasteiger partial charge in [0.05, 0.1) is 22.0 Å². The van der Waals surface area contributed by atoms with E-state index < -0.39 is 5.60 Å². The number of hydrogen-bond donors (Lipinski definition) is 1. The average Bonchev–Trinajstić information content (AvgIpc) is 3.16. The zero-order chi connectivity index (χ0) is 14.8. The van der Waals surface area contributed by atoms with Crippen molar-refractivity contribution in [3.63, 3.8) is 0 Å². The molecule has 5 atom stereocenters. The highest BCUT2D eigenvalue weighted by Gasteiger charge is 2.60. The summed E-state index contributed by atoms with van der Waals surface area (Å²) in [6.07, 6.45) is 6.99. The molecule has 4 heteroatoms. The second kappa shape index (κ2) is 4.73. The van der Waals surface area contributed by atoms with Gasteiger partial charge in [-0.1, -0.05) is 18.0 Å². The minimum atomic E-state index is -0.542. The molecule has 3 nitrogen and oxygen atoms in total. The predicted octanol–water partition coefficient (Wildman–Crippen LogP) is 3.59. The number of aryl methyl sites for hydroxylation is 2. The second-order valence-corrected chi connectivity index (χ2v) is 7.89. The van der Waals surface area contributed by atoms with E-state index in [4.69, 9.17) is 11.6 Å². The number of fused-ring (bicyclic) bond motifs is 5.